The summed E-state index contributed by atoms with van der Waals surface area (Å²) in [6.07, 6.45) is 3.15. The number of carbonyl (C=O) groups is 1. The van der Waals surface area contributed by atoms with Crippen LogP contribution in [0.4, 0.5) is 0 Å². The summed E-state index contributed by atoms with van der Waals surface area (Å²) in [5.74, 6) is 0.181. The molecule has 2 rings (SSSR count). The third kappa shape index (κ3) is 4.35. The predicted molar refractivity (Wildman–Crippen MR) is 84.7 cm³/mol. The molecule has 0 saturated carbocycles. The van der Waals surface area contributed by atoms with Gasteiger partial charge < -0.3 is 4.90 Å². The number of thiophene rings is 1. The Morgan fingerprint density at radius 2 is 2.00 bits per heavy atom. The highest BCUT2D eigenvalue weighted by Gasteiger charge is 2.12. The second-order valence-corrected chi connectivity index (χ2v) is 5.46. The third-order valence-electron chi connectivity index (χ3n) is 3.13. The Labute approximate surface area is 124 Å². The number of benzene rings is 1. The minimum Gasteiger partial charge on any atom is -0.335 e. The molecule has 104 valence electrons. The van der Waals surface area contributed by atoms with Gasteiger partial charge in [-0.2, -0.15) is 11.3 Å². The van der Waals surface area contributed by atoms with Gasteiger partial charge in [0.2, 0.25) is 5.91 Å². The van der Waals surface area contributed by atoms with Crippen LogP contribution in [-0.4, -0.2) is 17.4 Å². The van der Waals surface area contributed by atoms with Gasteiger partial charge in [0.15, 0.2) is 0 Å². The van der Waals surface area contributed by atoms with Crippen molar-refractivity contribution in [2.45, 2.75) is 19.4 Å². The van der Waals surface area contributed by atoms with Crippen LogP contribution in [-0.2, 0) is 17.8 Å². The molecule has 0 spiro atoms. The monoisotopic (exact) mass is 285 g/mol. The topological polar surface area (TPSA) is 20.3 Å². The molecule has 0 aliphatic rings. The van der Waals surface area contributed by atoms with Gasteiger partial charge in [0, 0.05) is 19.5 Å². The minimum absolute atomic E-state index is 0.181. The Balaban J connectivity index is 1.93. The molecule has 0 aliphatic heterocycles. The lowest BCUT2D eigenvalue weighted by Crippen LogP contribution is -2.30. The van der Waals surface area contributed by atoms with Crippen molar-refractivity contribution >= 4 is 17.2 Å². The molecule has 0 N–H and O–H groups in total. The summed E-state index contributed by atoms with van der Waals surface area (Å²) in [7, 11) is 0. The molecular formula is C17H19NOS. The minimum atomic E-state index is 0.181. The highest BCUT2D eigenvalue weighted by molar-refractivity contribution is 7.07. The van der Waals surface area contributed by atoms with Crippen molar-refractivity contribution in [2.24, 2.45) is 0 Å². The average Bonchev–Trinajstić information content (AvgIpc) is 2.99. The van der Waals surface area contributed by atoms with Crippen LogP contribution >= 0.6 is 11.3 Å². The molecule has 0 bridgehead atoms. The van der Waals surface area contributed by atoms with Gasteiger partial charge in [0.1, 0.15) is 0 Å². The second kappa shape index (κ2) is 7.65. The first-order chi connectivity index (χ1) is 9.79. The van der Waals surface area contributed by atoms with Gasteiger partial charge in [0.05, 0.1) is 0 Å². The van der Waals surface area contributed by atoms with E-state index in [-0.39, 0.29) is 5.91 Å². The maximum absolute atomic E-state index is 12.3. The second-order valence-electron chi connectivity index (χ2n) is 4.68. The first-order valence-electron chi connectivity index (χ1n) is 6.73. The maximum atomic E-state index is 12.3. The van der Waals surface area contributed by atoms with E-state index in [0.29, 0.717) is 19.5 Å². The Kier molecular flexibility index (Phi) is 5.56. The fraction of sp³-hybridized carbons (Fsp3) is 0.235. The van der Waals surface area contributed by atoms with E-state index in [2.05, 4.69) is 18.0 Å². The van der Waals surface area contributed by atoms with E-state index in [9.17, 15) is 4.79 Å². The lowest BCUT2D eigenvalue weighted by Gasteiger charge is -2.21. The van der Waals surface area contributed by atoms with Crippen LogP contribution in [0.25, 0.3) is 0 Å². The number of aryl methyl sites for hydroxylation is 1. The molecule has 20 heavy (non-hydrogen) atoms. The summed E-state index contributed by atoms with van der Waals surface area (Å²) < 4.78 is 0. The largest absolute Gasteiger partial charge is 0.335 e. The van der Waals surface area contributed by atoms with Crippen molar-refractivity contribution in [1.82, 2.24) is 4.90 Å². The molecule has 0 aliphatic carbocycles. The van der Waals surface area contributed by atoms with Gasteiger partial charge in [-0.05, 0) is 34.4 Å². The van der Waals surface area contributed by atoms with Crippen molar-refractivity contribution in [1.29, 1.82) is 0 Å². The molecule has 2 aromatic rings. The van der Waals surface area contributed by atoms with Gasteiger partial charge in [0.25, 0.3) is 0 Å². The number of hydrogen-bond acceptors (Lipinski definition) is 2. The lowest BCUT2D eigenvalue weighted by atomic mass is 10.1. The van der Waals surface area contributed by atoms with E-state index in [1.807, 2.05) is 40.6 Å². The fourth-order valence-corrected chi connectivity index (χ4v) is 2.76. The summed E-state index contributed by atoms with van der Waals surface area (Å²) in [4.78, 5) is 14.2. The third-order valence-corrected chi connectivity index (χ3v) is 3.86. The molecule has 0 fully saturated rings. The van der Waals surface area contributed by atoms with E-state index >= 15 is 0 Å². The van der Waals surface area contributed by atoms with Crippen molar-refractivity contribution in [3.05, 3.63) is 70.9 Å². The Morgan fingerprint density at radius 1 is 1.20 bits per heavy atom. The maximum Gasteiger partial charge on any atom is 0.223 e. The summed E-state index contributed by atoms with van der Waals surface area (Å²) in [6.45, 7) is 4.99. The highest BCUT2D eigenvalue weighted by atomic mass is 32.1. The SMILES string of the molecule is C=CCN(Cc1ccccc1)C(=O)CCc1ccsc1. The molecule has 1 amide bonds. The zero-order valence-corrected chi connectivity index (χ0v) is 12.3. The fourth-order valence-electron chi connectivity index (χ4n) is 2.06. The van der Waals surface area contributed by atoms with Crippen molar-refractivity contribution < 1.29 is 4.79 Å². The zero-order valence-electron chi connectivity index (χ0n) is 11.5. The quantitative estimate of drug-likeness (QED) is 0.707. The Bertz CT molecular complexity index is 533. The molecule has 1 aromatic heterocycles. The number of carbonyl (C=O) groups excluding carboxylic acids is 1. The summed E-state index contributed by atoms with van der Waals surface area (Å²) >= 11 is 1.67. The van der Waals surface area contributed by atoms with E-state index < -0.39 is 0 Å². The smallest absolute Gasteiger partial charge is 0.223 e. The predicted octanol–water partition coefficient (Wildman–Crippen LogP) is 3.90. The summed E-state index contributed by atoms with van der Waals surface area (Å²) in [6, 6.07) is 12.1. The lowest BCUT2D eigenvalue weighted by molar-refractivity contribution is -0.131. The normalized spacial score (nSPS) is 10.2. The Morgan fingerprint density at radius 3 is 2.65 bits per heavy atom. The zero-order chi connectivity index (χ0) is 14.2. The van der Waals surface area contributed by atoms with Crippen LogP contribution in [0.1, 0.15) is 17.5 Å². The van der Waals surface area contributed by atoms with Crippen LogP contribution in [0.2, 0.25) is 0 Å². The average molecular weight is 285 g/mol. The van der Waals surface area contributed by atoms with E-state index in [1.54, 1.807) is 17.4 Å². The highest BCUT2D eigenvalue weighted by Crippen LogP contribution is 2.11. The van der Waals surface area contributed by atoms with Gasteiger partial charge >= 0.3 is 0 Å². The number of hydrogen-bond donors (Lipinski definition) is 0. The molecule has 2 nitrogen and oxygen atoms in total. The number of nitrogens with zero attached hydrogens (tertiary/aromatic N) is 1. The van der Waals surface area contributed by atoms with Crippen molar-refractivity contribution in [3.8, 4) is 0 Å². The standard InChI is InChI=1S/C17H19NOS/c1-2-11-18(13-15-6-4-3-5-7-15)17(19)9-8-16-10-12-20-14-16/h2-7,10,12,14H,1,8-9,11,13H2. The summed E-state index contributed by atoms with van der Waals surface area (Å²) in [5, 5.41) is 4.15. The summed E-state index contributed by atoms with van der Waals surface area (Å²) in [5.41, 5.74) is 2.39. The number of rotatable bonds is 7. The first-order valence-corrected chi connectivity index (χ1v) is 7.67. The molecule has 0 radical (unpaired) electrons. The van der Waals surface area contributed by atoms with Crippen LogP contribution in [0, 0.1) is 0 Å². The van der Waals surface area contributed by atoms with Crippen LogP contribution < -0.4 is 0 Å². The number of amides is 1. The van der Waals surface area contributed by atoms with E-state index in [1.165, 1.54) is 5.56 Å². The molecule has 1 aromatic carbocycles. The molecule has 0 unspecified atom stereocenters. The van der Waals surface area contributed by atoms with Gasteiger partial charge in [-0.3, -0.25) is 4.79 Å². The van der Waals surface area contributed by atoms with Crippen LogP contribution in [0.3, 0.4) is 0 Å². The van der Waals surface area contributed by atoms with Crippen LogP contribution in [0.15, 0.2) is 59.8 Å². The van der Waals surface area contributed by atoms with Gasteiger partial charge in [-0.1, -0.05) is 36.4 Å². The first kappa shape index (κ1) is 14.5. The van der Waals surface area contributed by atoms with E-state index in [0.717, 1.165) is 12.0 Å². The molecule has 0 atom stereocenters. The van der Waals surface area contributed by atoms with Gasteiger partial charge in [-0.15, -0.1) is 6.58 Å². The van der Waals surface area contributed by atoms with Crippen LogP contribution in [0.5, 0.6) is 0 Å². The van der Waals surface area contributed by atoms with E-state index in [4.69, 9.17) is 0 Å². The molecule has 1 heterocycles. The molecular weight excluding hydrogens is 266 g/mol. The van der Waals surface area contributed by atoms with Crippen molar-refractivity contribution in [2.75, 3.05) is 6.54 Å². The van der Waals surface area contributed by atoms with Crippen molar-refractivity contribution in [3.63, 3.8) is 0 Å². The molecule has 0 saturated heterocycles. The van der Waals surface area contributed by atoms with Gasteiger partial charge in [-0.25, -0.2) is 0 Å². The molecule has 3 heteroatoms. The Hall–Kier alpha value is -1.87.